The molecule has 106 valence electrons. The van der Waals surface area contributed by atoms with E-state index in [1.54, 1.807) is 18.2 Å². The fraction of sp³-hybridized carbons (Fsp3) is 0. The summed E-state index contributed by atoms with van der Waals surface area (Å²) in [5.74, 6) is -1.77. The molecule has 2 aromatic carbocycles. The van der Waals surface area contributed by atoms with Crippen LogP contribution in [0.3, 0.4) is 0 Å². The minimum absolute atomic E-state index is 0.244. The van der Waals surface area contributed by atoms with Crippen LogP contribution in [-0.4, -0.2) is 9.55 Å². The van der Waals surface area contributed by atoms with Crippen molar-refractivity contribution in [1.29, 1.82) is 0 Å². The molecule has 3 aromatic rings. The lowest BCUT2D eigenvalue weighted by molar-refractivity contribution is 0.566. The van der Waals surface area contributed by atoms with Gasteiger partial charge in [0.1, 0.15) is 17.3 Å². The van der Waals surface area contributed by atoms with Gasteiger partial charge in [-0.05, 0) is 64.5 Å². The van der Waals surface area contributed by atoms with E-state index in [-0.39, 0.29) is 10.7 Å². The molecule has 0 atom stereocenters. The number of hydrogen-bond acceptors (Lipinski definition) is 2. The molecule has 7 heteroatoms. The fourth-order valence-corrected chi connectivity index (χ4v) is 2.77. The average molecular weight is 419 g/mol. The van der Waals surface area contributed by atoms with Crippen molar-refractivity contribution in [3.8, 4) is 5.69 Å². The summed E-state index contributed by atoms with van der Waals surface area (Å²) in [6, 6.07) is 8.31. The number of rotatable bonds is 1. The molecule has 3 nitrogen and oxygen atoms in total. The first-order valence-corrected chi connectivity index (χ1v) is 7.27. The van der Waals surface area contributed by atoms with Gasteiger partial charge in [-0.15, -0.1) is 0 Å². The maximum atomic E-state index is 13.9. The molecule has 3 rings (SSSR count). The molecule has 0 N–H and O–H groups in total. The minimum Gasteiger partial charge on any atom is -0.268 e. The van der Waals surface area contributed by atoms with Gasteiger partial charge in [0.2, 0.25) is 5.28 Å². The molecule has 0 radical (unpaired) electrons. The molecule has 0 unspecified atom stereocenters. The topological polar surface area (TPSA) is 34.9 Å². The maximum absolute atomic E-state index is 13.9. The van der Waals surface area contributed by atoms with E-state index in [0.29, 0.717) is 5.52 Å². The molecule has 0 saturated heterocycles. The van der Waals surface area contributed by atoms with Crippen molar-refractivity contribution < 1.29 is 8.78 Å². The first-order chi connectivity index (χ1) is 9.99. The largest absolute Gasteiger partial charge is 0.268 e. The normalized spacial score (nSPS) is 11.0. The van der Waals surface area contributed by atoms with Crippen molar-refractivity contribution in [2.75, 3.05) is 0 Å². The molecule has 0 fully saturated rings. The Labute approximate surface area is 136 Å². The molecule has 0 aliphatic rings. The van der Waals surface area contributed by atoms with Crippen LogP contribution in [-0.2, 0) is 0 Å². The lowest BCUT2D eigenvalue weighted by Crippen LogP contribution is -2.22. The molecule has 21 heavy (non-hydrogen) atoms. The summed E-state index contributed by atoms with van der Waals surface area (Å²) in [7, 11) is 0. The number of fused-ring (bicyclic) bond motifs is 1. The molecule has 1 aromatic heterocycles. The number of aromatic nitrogens is 2. The smallest absolute Gasteiger partial charge is 0.267 e. The van der Waals surface area contributed by atoms with E-state index in [1.807, 2.05) is 22.6 Å². The second kappa shape index (κ2) is 5.34. The fourth-order valence-electron chi connectivity index (χ4n) is 2.03. The Balaban J connectivity index is 2.46. The number of hydrogen-bond donors (Lipinski definition) is 0. The summed E-state index contributed by atoms with van der Waals surface area (Å²) >= 11 is 7.98. The van der Waals surface area contributed by atoms with E-state index in [4.69, 9.17) is 11.6 Å². The van der Waals surface area contributed by atoms with Gasteiger partial charge in [-0.25, -0.2) is 18.3 Å². The van der Waals surface area contributed by atoms with Crippen LogP contribution in [0.15, 0.2) is 41.2 Å². The van der Waals surface area contributed by atoms with Gasteiger partial charge in [-0.1, -0.05) is 6.07 Å². The van der Waals surface area contributed by atoms with Gasteiger partial charge in [-0.3, -0.25) is 4.79 Å². The zero-order valence-electron chi connectivity index (χ0n) is 10.3. The zero-order valence-corrected chi connectivity index (χ0v) is 13.2. The van der Waals surface area contributed by atoms with Crippen LogP contribution in [0.25, 0.3) is 16.6 Å². The Morgan fingerprint density at radius 1 is 1.14 bits per heavy atom. The highest BCUT2D eigenvalue weighted by atomic mass is 127. The highest BCUT2D eigenvalue weighted by molar-refractivity contribution is 14.1. The van der Waals surface area contributed by atoms with Gasteiger partial charge in [0.15, 0.2) is 0 Å². The van der Waals surface area contributed by atoms with Crippen molar-refractivity contribution in [2.24, 2.45) is 0 Å². The van der Waals surface area contributed by atoms with Crippen molar-refractivity contribution >= 4 is 45.1 Å². The van der Waals surface area contributed by atoms with Crippen LogP contribution in [0.2, 0.25) is 5.28 Å². The van der Waals surface area contributed by atoms with Crippen LogP contribution in [0.4, 0.5) is 8.78 Å². The number of halogens is 4. The van der Waals surface area contributed by atoms with Crippen molar-refractivity contribution in [3.05, 3.63) is 67.2 Å². The summed E-state index contributed by atoms with van der Waals surface area (Å²) in [5, 5.41) is -0.0494. The highest BCUT2D eigenvalue weighted by Gasteiger charge is 2.18. The first-order valence-electron chi connectivity index (χ1n) is 5.81. The lowest BCUT2D eigenvalue weighted by Gasteiger charge is -2.11. The number of benzene rings is 2. The lowest BCUT2D eigenvalue weighted by atomic mass is 10.2. The third-order valence-corrected chi connectivity index (χ3v) is 3.88. The van der Waals surface area contributed by atoms with E-state index in [0.717, 1.165) is 20.3 Å². The van der Waals surface area contributed by atoms with E-state index in [2.05, 4.69) is 4.98 Å². The van der Waals surface area contributed by atoms with E-state index in [1.165, 1.54) is 6.07 Å². The Kier molecular flexibility index (Phi) is 3.66. The van der Waals surface area contributed by atoms with Crippen molar-refractivity contribution in [2.45, 2.75) is 0 Å². The van der Waals surface area contributed by atoms with E-state index < -0.39 is 22.9 Å². The van der Waals surface area contributed by atoms with Gasteiger partial charge in [0.25, 0.3) is 5.56 Å². The van der Waals surface area contributed by atoms with Crippen molar-refractivity contribution in [3.63, 3.8) is 0 Å². The van der Waals surface area contributed by atoms with E-state index in [9.17, 15) is 13.6 Å². The minimum atomic E-state index is -0.884. The SMILES string of the molecule is O=c1c2cc(I)ccc2nc(Cl)n1-c1c(F)cccc1F. The number of para-hydroxylation sites is 1. The Morgan fingerprint density at radius 2 is 1.81 bits per heavy atom. The predicted molar refractivity (Wildman–Crippen MR) is 85.0 cm³/mol. The summed E-state index contributed by atoms with van der Waals surface area (Å²) in [4.78, 5) is 16.5. The standard InChI is InChI=1S/C14H6ClF2IN2O/c15-14-19-11-5-4-7(18)6-8(11)13(21)20(14)12-9(16)2-1-3-10(12)17/h1-6H. The highest BCUT2D eigenvalue weighted by Crippen LogP contribution is 2.22. The molecule has 0 bridgehead atoms. The summed E-state index contributed by atoms with van der Waals surface area (Å²) in [6.07, 6.45) is 0. The Morgan fingerprint density at radius 3 is 2.48 bits per heavy atom. The summed E-state index contributed by atoms with van der Waals surface area (Å²) in [5.41, 5.74) is -0.772. The van der Waals surface area contributed by atoms with Crippen LogP contribution >= 0.6 is 34.2 Å². The third kappa shape index (κ3) is 2.42. The summed E-state index contributed by atoms with van der Waals surface area (Å²) < 4.78 is 29.3. The maximum Gasteiger partial charge on any atom is 0.267 e. The number of nitrogens with zero attached hydrogens (tertiary/aromatic N) is 2. The predicted octanol–water partition coefficient (Wildman–Crippen LogP) is 3.92. The molecule has 0 spiro atoms. The molecule has 0 saturated carbocycles. The molecular weight excluding hydrogens is 413 g/mol. The van der Waals surface area contributed by atoms with Crippen LogP contribution in [0.1, 0.15) is 0 Å². The second-order valence-corrected chi connectivity index (χ2v) is 5.84. The Bertz CT molecular complexity index is 906. The molecule has 0 aliphatic carbocycles. The molecular formula is C14H6ClF2IN2O. The van der Waals surface area contributed by atoms with Gasteiger partial charge in [-0.2, -0.15) is 0 Å². The van der Waals surface area contributed by atoms with Crippen molar-refractivity contribution in [1.82, 2.24) is 9.55 Å². The quantitative estimate of drug-likeness (QED) is 0.443. The third-order valence-electron chi connectivity index (χ3n) is 2.95. The van der Waals surface area contributed by atoms with Crippen LogP contribution in [0, 0.1) is 15.2 Å². The van der Waals surface area contributed by atoms with Gasteiger partial charge < -0.3 is 0 Å². The zero-order chi connectivity index (χ0) is 15.1. The van der Waals surface area contributed by atoms with Gasteiger partial charge in [0.05, 0.1) is 10.9 Å². The summed E-state index contributed by atoms with van der Waals surface area (Å²) in [6.45, 7) is 0. The second-order valence-electron chi connectivity index (χ2n) is 4.25. The average Bonchev–Trinajstić information content (AvgIpc) is 2.43. The Hall–Kier alpha value is -1.54. The molecule has 0 aliphatic heterocycles. The monoisotopic (exact) mass is 418 g/mol. The van der Waals surface area contributed by atoms with Gasteiger partial charge >= 0.3 is 0 Å². The van der Waals surface area contributed by atoms with Crippen LogP contribution in [0.5, 0.6) is 0 Å². The van der Waals surface area contributed by atoms with Gasteiger partial charge in [0, 0.05) is 3.57 Å². The van der Waals surface area contributed by atoms with E-state index >= 15 is 0 Å². The first kappa shape index (κ1) is 14.4. The molecule has 1 heterocycles. The molecule has 0 amide bonds. The van der Waals surface area contributed by atoms with Crippen LogP contribution < -0.4 is 5.56 Å².